The van der Waals surface area contributed by atoms with E-state index < -0.39 is 6.10 Å². The highest BCUT2D eigenvalue weighted by atomic mass is 32.1. The molecule has 108 valence electrons. The molecule has 3 heterocycles. The summed E-state index contributed by atoms with van der Waals surface area (Å²) >= 11 is 3.20. The Morgan fingerprint density at radius 3 is 2.86 bits per heavy atom. The topological polar surface area (TPSA) is 62.5 Å². The van der Waals surface area contributed by atoms with E-state index in [0.29, 0.717) is 0 Å². The minimum absolute atomic E-state index is 0.157. The molecule has 3 aromatic heterocycles. The van der Waals surface area contributed by atoms with Gasteiger partial charge in [-0.2, -0.15) is 0 Å². The van der Waals surface area contributed by atoms with E-state index in [1.807, 2.05) is 29.6 Å². The van der Waals surface area contributed by atoms with E-state index in [9.17, 15) is 9.90 Å². The normalized spacial score (nSPS) is 12.2. The van der Waals surface area contributed by atoms with Gasteiger partial charge in [-0.25, -0.2) is 0 Å². The van der Waals surface area contributed by atoms with Gasteiger partial charge in [0, 0.05) is 21.2 Å². The highest BCUT2D eigenvalue weighted by molar-refractivity contribution is 7.21. The number of aliphatic hydroxyl groups is 1. The van der Waals surface area contributed by atoms with Gasteiger partial charge in [-0.05, 0) is 35.7 Å². The SMILES string of the molecule is O=C(NCC(O)c1ccc(-c2cccs2)s1)c1ccco1. The van der Waals surface area contributed by atoms with Crippen molar-refractivity contribution in [2.24, 2.45) is 0 Å². The van der Waals surface area contributed by atoms with E-state index in [1.165, 1.54) is 22.5 Å². The van der Waals surface area contributed by atoms with Crippen LogP contribution in [0.3, 0.4) is 0 Å². The number of furan rings is 1. The van der Waals surface area contributed by atoms with E-state index in [4.69, 9.17) is 4.42 Å². The molecule has 3 rings (SSSR count). The van der Waals surface area contributed by atoms with Gasteiger partial charge >= 0.3 is 0 Å². The molecule has 0 spiro atoms. The van der Waals surface area contributed by atoms with Crippen LogP contribution in [0.5, 0.6) is 0 Å². The van der Waals surface area contributed by atoms with Gasteiger partial charge in [-0.15, -0.1) is 22.7 Å². The predicted molar refractivity (Wildman–Crippen MR) is 83.6 cm³/mol. The number of aliphatic hydroxyl groups excluding tert-OH is 1. The Kier molecular flexibility index (Phi) is 4.19. The van der Waals surface area contributed by atoms with Gasteiger partial charge in [0.15, 0.2) is 5.76 Å². The van der Waals surface area contributed by atoms with Crippen LogP contribution in [-0.4, -0.2) is 17.6 Å². The van der Waals surface area contributed by atoms with Crippen molar-refractivity contribution >= 4 is 28.6 Å². The Hall–Kier alpha value is -1.89. The summed E-state index contributed by atoms with van der Waals surface area (Å²) in [6.45, 7) is 0.157. The first-order valence-electron chi connectivity index (χ1n) is 6.37. The molecule has 1 atom stereocenters. The third-order valence-electron chi connectivity index (χ3n) is 2.92. The van der Waals surface area contributed by atoms with Crippen LogP contribution in [0.15, 0.2) is 52.5 Å². The summed E-state index contributed by atoms with van der Waals surface area (Å²) in [6.07, 6.45) is 0.723. The molecule has 3 aromatic rings. The molecule has 0 saturated carbocycles. The Morgan fingerprint density at radius 1 is 1.24 bits per heavy atom. The third-order valence-corrected chi connectivity index (χ3v) is 5.17. The second-order valence-corrected chi connectivity index (χ2v) is 6.45. The summed E-state index contributed by atoms with van der Waals surface area (Å²) in [7, 11) is 0. The number of nitrogens with one attached hydrogen (secondary N) is 1. The Labute approximate surface area is 129 Å². The second kappa shape index (κ2) is 6.26. The number of hydrogen-bond acceptors (Lipinski definition) is 5. The summed E-state index contributed by atoms with van der Waals surface area (Å²) < 4.78 is 5.00. The van der Waals surface area contributed by atoms with Crippen molar-refractivity contribution in [2.75, 3.05) is 6.54 Å². The van der Waals surface area contributed by atoms with Gasteiger partial charge in [0.2, 0.25) is 0 Å². The smallest absolute Gasteiger partial charge is 0.287 e. The van der Waals surface area contributed by atoms with Gasteiger partial charge < -0.3 is 14.8 Å². The number of thiophene rings is 2. The van der Waals surface area contributed by atoms with Crippen LogP contribution in [0, 0.1) is 0 Å². The molecule has 0 aromatic carbocycles. The van der Waals surface area contributed by atoms with Crippen LogP contribution < -0.4 is 5.32 Å². The third kappa shape index (κ3) is 3.24. The lowest BCUT2D eigenvalue weighted by atomic mass is 10.2. The lowest BCUT2D eigenvalue weighted by Gasteiger charge is -2.09. The summed E-state index contributed by atoms with van der Waals surface area (Å²) in [4.78, 5) is 14.9. The van der Waals surface area contributed by atoms with Crippen molar-refractivity contribution in [2.45, 2.75) is 6.10 Å². The fourth-order valence-corrected chi connectivity index (χ4v) is 3.70. The van der Waals surface area contributed by atoms with Gasteiger partial charge in [0.1, 0.15) is 6.10 Å². The molecule has 0 aliphatic heterocycles. The second-order valence-electron chi connectivity index (χ2n) is 4.38. The first kappa shape index (κ1) is 14.1. The summed E-state index contributed by atoms with van der Waals surface area (Å²) in [5.41, 5.74) is 0. The molecule has 0 fully saturated rings. The summed E-state index contributed by atoms with van der Waals surface area (Å²) in [5, 5.41) is 14.8. The van der Waals surface area contributed by atoms with E-state index in [2.05, 4.69) is 5.32 Å². The van der Waals surface area contributed by atoms with Gasteiger partial charge in [0.25, 0.3) is 5.91 Å². The van der Waals surface area contributed by atoms with Crippen molar-refractivity contribution in [1.82, 2.24) is 5.32 Å². The molecule has 6 heteroatoms. The molecule has 2 N–H and O–H groups in total. The van der Waals surface area contributed by atoms with Crippen LogP contribution in [0.1, 0.15) is 21.5 Å². The van der Waals surface area contributed by atoms with Crippen LogP contribution in [0.2, 0.25) is 0 Å². The maximum absolute atomic E-state index is 11.7. The molecule has 0 aliphatic rings. The minimum atomic E-state index is -0.720. The Morgan fingerprint density at radius 2 is 2.14 bits per heavy atom. The molecule has 1 unspecified atom stereocenters. The predicted octanol–water partition coefficient (Wildman–Crippen LogP) is 3.53. The summed E-state index contributed by atoms with van der Waals surface area (Å²) in [5.74, 6) is -0.0817. The first-order valence-corrected chi connectivity index (χ1v) is 8.07. The van der Waals surface area contributed by atoms with Crippen molar-refractivity contribution in [3.8, 4) is 9.75 Å². The molecule has 4 nitrogen and oxygen atoms in total. The number of hydrogen-bond donors (Lipinski definition) is 2. The van der Waals surface area contributed by atoms with Gasteiger partial charge in [0.05, 0.1) is 6.26 Å². The van der Waals surface area contributed by atoms with E-state index in [-0.39, 0.29) is 18.2 Å². The van der Waals surface area contributed by atoms with Crippen LogP contribution in [0.4, 0.5) is 0 Å². The molecule has 0 radical (unpaired) electrons. The van der Waals surface area contributed by atoms with Gasteiger partial charge in [-0.1, -0.05) is 6.07 Å². The van der Waals surface area contributed by atoms with E-state index >= 15 is 0 Å². The fraction of sp³-hybridized carbons (Fsp3) is 0.133. The van der Waals surface area contributed by atoms with Crippen LogP contribution in [-0.2, 0) is 0 Å². The Balaban J connectivity index is 1.61. The van der Waals surface area contributed by atoms with Crippen molar-refractivity contribution in [1.29, 1.82) is 0 Å². The van der Waals surface area contributed by atoms with Crippen LogP contribution >= 0.6 is 22.7 Å². The lowest BCUT2D eigenvalue weighted by Crippen LogP contribution is -2.27. The highest BCUT2D eigenvalue weighted by Crippen LogP contribution is 2.33. The molecule has 0 bridgehead atoms. The van der Waals surface area contributed by atoms with Crippen molar-refractivity contribution < 1.29 is 14.3 Å². The average Bonchev–Trinajstić information content (AvgIpc) is 3.25. The molecule has 0 saturated heterocycles. The summed E-state index contributed by atoms with van der Waals surface area (Å²) in [6, 6.07) is 11.2. The number of carbonyl (C=O) groups excluding carboxylic acids is 1. The largest absolute Gasteiger partial charge is 0.459 e. The Bertz CT molecular complexity index is 701. The average molecular weight is 319 g/mol. The van der Waals surface area contributed by atoms with Crippen molar-refractivity contribution in [3.05, 3.63) is 58.7 Å². The van der Waals surface area contributed by atoms with Crippen LogP contribution in [0.25, 0.3) is 9.75 Å². The zero-order valence-electron chi connectivity index (χ0n) is 11.0. The minimum Gasteiger partial charge on any atom is -0.459 e. The maximum atomic E-state index is 11.7. The van der Waals surface area contributed by atoms with E-state index in [0.717, 1.165) is 9.75 Å². The maximum Gasteiger partial charge on any atom is 0.287 e. The molecule has 1 amide bonds. The highest BCUT2D eigenvalue weighted by Gasteiger charge is 2.14. The molecule has 21 heavy (non-hydrogen) atoms. The van der Waals surface area contributed by atoms with Crippen molar-refractivity contribution in [3.63, 3.8) is 0 Å². The first-order chi connectivity index (χ1) is 10.2. The number of carbonyl (C=O) groups is 1. The zero-order valence-corrected chi connectivity index (χ0v) is 12.6. The lowest BCUT2D eigenvalue weighted by molar-refractivity contribution is 0.0890. The number of rotatable bonds is 5. The van der Waals surface area contributed by atoms with Gasteiger partial charge in [-0.3, -0.25) is 4.79 Å². The quantitative estimate of drug-likeness (QED) is 0.756. The number of amides is 1. The zero-order chi connectivity index (χ0) is 14.7. The fourth-order valence-electron chi connectivity index (χ4n) is 1.87. The molecular formula is C15H13NO3S2. The standard InChI is InChI=1S/C15H13NO3S2/c17-10(9-16-15(18)11-3-1-7-19-11)12-5-6-14(21-12)13-4-2-8-20-13/h1-8,10,17H,9H2,(H,16,18). The molecular weight excluding hydrogens is 306 g/mol. The monoisotopic (exact) mass is 319 g/mol. The van der Waals surface area contributed by atoms with E-state index in [1.54, 1.807) is 23.5 Å². The molecule has 0 aliphatic carbocycles.